The van der Waals surface area contributed by atoms with Crippen molar-refractivity contribution in [3.05, 3.63) is 30.5 Å². The van der Waals surface area contributed by atoms with Gasteiger partial charge in [-0.3, -0.25) is 14.2 Å². The van der Waals surface area contributed by atoms with Crippen molar-refractivity contribution in [2.75, 3.05) is 0 Å². The Bertz CT molecular complexity index is 494. The zero-order valence-corrected chi connectivity index (χ0v) is 7.74. The van der Waals surface area contributed by atoms with E-state index in [2.05, 4.69) is 9.97 Å². The number of imidazole rings is 1. The van der Waals surface area contributed by atoms with Gasteiger partial charge in [-0.15, -0.1) is 0 Å². The number of hydrogen-bond donors (Lipinski definition) is 2. The van der Waals surface area contributed by atoms with Crippen LogP contribution >= 0.6 is 0 Å². The topological polar surface area (TPSA) is 87.7 Å². The Hall–Kier alpha value is -1.95. The van der Waals surface area contributed by atoms with Crippen LogP contribution in [0.3, 0.4) is 0 Å². The van der Waals surface area contributed by atoms with Crippen molar-refractivity contribution < 1.29 is 15.0 Å². The predicted octanol–water partition coefficient (Wildman–Crippen LogP) is 0.237. The van der Waals surface area contributed by atoms with Gasteiger partial charge >= 0.3 is 5.97 Å². The van der Waals surface area contributed by atoms with Crippen LogP contribution in [0.1, 0.15) is 18.2 Å². The number of carboxylic acids is 1. The predicted molar refractivity (Wildman–Crippen MR) is 50.2 cm³/mol. The fourth-order valence-electron chi connectivity index (χ4n) is 1.38. The summed E-state index contributed by atoms with van der Waals surface area (Å²) in [5.41, 5.74) is 1.03. The highest BCUT2D eigenvalue weighted by Crippen LogP contribution is 2.17. The molecular formula is C9H9N3O3. The van der Waals surface area contributed by atoms with E-state index in [1.807, 2.05) is 0 Å². The van der Waals surface area contributed by atoms with E-state index in [4.69, 9.17) is 5.11 Å². The SMILES string of the molecule is O=C(O)C[C@@H](O)c1cnc2cnccn12. The maximum absolute atomic E-state index is 10.4. The first-order valence-electron chi connectivity index (χ1n) is 4.35. The van der Waals surface area contributed by atoms with Crippen LogP contribution in [0.15, 0.2) is 24.8 Å². The second-order valence-electron chi connectivity index (χ2n) is 3.10. The number of aliphatic hydroxyl groups excluding tert-OH is 1. The number of rotatable bonds is 3. The molecule has 2 aromatic heterocycles. The summed E-state index contributed by atoms with van der Waals surface area (Å²) in [6.07, 6.45) is 4.77. The Balaban J connectivity index is 2.39. The van der Waals surface area contributed by atoms with Crippen molar-refractivity contribution in [1.82, 2.24) is 14.4 Å². The molecule has 2 heterocycles. The number of carbonyl (C=O) groups is 1. The minimum Gasteiger partial charge on any atom is -0.481 e. The van der Waals surface area contributed by atoms with E-state index in [0.29, 0.717) is 11.3 Å². The van der Waals surface area contributed by atoms with Crippen LogP contribution in [-0.2, 0) is 4.79 Å². The molecule has 0 fully saturated rings. The van der Waals surface area contributed by atoms with Crippen LogP contribution in [-0.4, -0.2) is 30.6 Å². The van der Waals surface area contributed by atoms with Crippen LogP contribution in [0.25, 0.3) is 5.65 Å². The van der Waals surface area contributed by atoms with E-state index in [1.54, 1.807) is 16.8 Å². The summed E-state index contributed by atoms with van der Waals surface area (Å²) < 4.78 is 1.61. The maximum Gasteiger partial charge on any atom is 0.306 e. The van der Waals surface area contributed by atoms with Gasteiger partial charge in [0.15, 0.2) is 5.65 Å². The van der Waals surface area contributed by atoms with Crippen LogP contribution < -0.4 is 0 Å². The summed E-state index contributed by atoms with van der Waals surface area (Å²) in [5, 5.41) is 18.2. The van der Waals surface area contributed by atoms with Crippen molar-refractivity contribution >= 4 is 11.6 Å². The van der Waals surface area contributed by atoms with Gasteiger partial charge in [-0.2, -0.15) is 0 Å². The molecule has 6 nitrogen and oxygen atoms in total. The van der Waals surface area contributed by atoms with Gasteiger partial charge in [-0.25, -0.2) is 4.98 Å². The molecule has 0 aromatic carbocycles. The molecule has 2 N–H and O–H groups in total. The molecule has 0 radical (unpaired) electrons. The van der Waals surface area contributed by atoms with E-state index in [-0.39, 0.29) is 6.42 Å². The zero-order valence-electron chi connectivity index (χ0n) is 7.74. The molecule has 6 heteroatoms. The number of aliphatic hydroxyl groups is 1. The van der Waals surface area contributed by atoms with Gasteiger partial charge in [0.25, 0.3) is 0 Å². The summed E-state index contributed by atoms with van der Waals surface area (Å²) in [6, 6.07) is 0. The molecule has 0 aliphatic carbocycles. The maximum atomic E-state index is 10.4. The molecule has 0 saturated heterocycles. The van der Waals surface area contributed by atoms with Gasteiger partial charge in [-0.05, 0) is 0 Å². The minimum absolute atomic E-state index is 0.337. The standard InChI is InChI=1S/C9H9N3O3/c13-7(3-9(14)15)6-4-11-8-5-10-1-2-12(6)8/h1-2,4-5,7,13H,3H2,(H,14,15)/t7-/m1/s1. The molecule has 78 valence electrons. The number of nitrogens with zero attached hydrogens (tertiary/aromatic N) is 3. The highest BCUT2D eigenvalue weighted by molar-refractivity contribution is 5.67. The van der Waals surface area contributed by atoms with Crippen molar-refractivity contribution in [1.29, 1.82) is 0 Å². The lowest BCUT2D eigenvalue weighted by Crippen LogP contribution is -2.07. The fourth-order valence-corrected chi connectivity index (χ4v) is 1.38. The van der Waals surface area contributed by atoms with Gasteiger partial charge in [0.1, 0.15) is 6.10 Å². The normalized spacial score (nSPS) is 12.9. The largest absolute Gasteiger partial charge is 0.481 e. The van der Waals surface area contributed by atoms with E-state index < -0.39 is 12.1 Å². The van der Waals surface area contributed by atoms with Gasteiger partial charge in [0.05, 0.1) is 24.5 Å². The van der Waals surface area contributed by atoms with Gasteiger partial charge < -0.3 is 10.2 Å². The third-order valence-electron chi connectivity index (χ3n) is 2.06. The van der Waals surface area contributed by atoms with Gasteiger partial charge in [0, 0.05) is 12.4 Å². The van der Waals surface area contributed by atoms with Crippen LogP contribution in [0.5, 0.6) is 0 Å². The smallest absolute Gasteiger partial charge is 0.306 e. The second-order valence-corrected chi connectivity index (χ2v) is 3.10. The molecule has 0 amide bonds. The molecule has 0 aliphatic heterocycles. The minimum atomic E-state index is -1.06. The van der Waals surface area contributed by atoms with E-state index >= 15 is 0 Å². The Morgan fingerprint density at radius 3 is 3.07 bits per heavy atom. The van der Waals surface area contributed by atoms with E-state index in [1.165, 1.54) is 12.4 Å². The van der Waals surface area contributed by atoms with Crippen molar-refractivity contribution in [2.45, 2.75) is 12.5 Å². The summed E-state index contributed by atoms with van der Waals surface area (Å²) in [6.45, 7) is 0. The van der Waals surface area contributed by atoms with Crippen LogP contribution in [0, 0.1) is 0 Å². The van der Waals surface area contributed by atoms with Crippen molar-refractivity contribution in [2.24, 2.45) is 0 Å². The van der Waals surface area contributed by atoms with Crippen molar-refractivity contribution in [3.63, 3.8) is 0 Å². The number of carboxylic acid groups (broad SMARTS) is 1. The Morgan fingerprint density at radius 2 is 2.33 bits per heavy atom. The van der Waals surface area contributed by atoms with E-state index in [0.717, 1.165) is 0 Å². The molecule has 0 saturated carbocycles. The molecular weight excluding hydrogens is 198 g/mol. The number of aromatic nitrogens is 3. The molecule has 0 unspecified atom stereocenters. The first-order chi connectivity index (χ1) is 7.18. The molecule has 0 bridgehead atoms. The first kappa shape index (κ1) is 9.60. The van der Waals surface area contributed by atoms with Crippen LogP contribution in [0.4, 0.5) is 0 Å². The molecule has 1 atom stereocenters. The first-order valence-corrected chi connectivity index (χ1v) is 4.35. The average Bonchev–Trinajstić information content (AvgIpc) is 2.59. The number of fused-ring (bicyclic) bond motifs is 1. The quantitative estimate of drug-likeness (QED) is 0.752. The zero-order chi connectivity index (χ0) is 10.8. The van der Waals surface area contributed by atoms with Gasteiger partial charge in [0.2, 0.25) is 0 Å². The highest BCUT2D eigenvalue weighted by atomic mass is 16.4. The average molecular weight is 207 g/mol. The van der Waals surface area contributed by atoms with Gasteiger partial charge in [-0.1, -0.05) is 0 Å². The van der Waals surface area contributed by atoms with Crippen molar-refractivity contribution in [3.8, 4) is 0 Å². The third-order valence-corrected chi connectivity index (χ3v) is 2.06. The Kier molecular flexibility index (Phi) is 2.34. The summed E-state index contributed by atoms with van der Waals surface area (Å²) in [5.74, 6) is -1.05. The third kappa shape index (κ3) is 1.79. The molecule has 0 spiro atoms. The number of hydrogen-bond acceptors (Lipinski definition) is 4. The summed E-state index contributed by atoms with van der Waals surface area (Å²) >= 11 is 0. The lowest BCUT2D eigenvalue weighted by atomic mass is 10.2. The highest BCUT2D eigenvalue weighted by Gasteiger charge is 2.16. The molecule has 15 heavy (non-hydrogen) atoms. The fraction of sp³-hybridized carbons (Fsp3) is 0.222. The second kappa shape index (κ2) is 3.66. The molecule has 2 aromatic rings. The molecule has 2 rings (SSSR count). The number of aliphatic carboxylic acids is 1. The summed E-state index contributed by atoms with van der Waals surface area (Å²) in [4.78, 5) is 18.3. The summed E-state index contributed by atoms with van der Waals surface area (Å²) in [7, 11) is 0. The lowest BCUT2D eigenvalue weighted by molar-refractivity contribution is -0.139. The van der Waals surface area contributed by atoms with E-state index in [9.17, 15) is 9.90 Å². The Labute approximate surface area is 84.8 Å². The monoisotopic (exact) mass is 207 g/mol. The molecule has 0 aliphatic rings. The Morgan fingerprint density at radius 1 is 1.53 bits per heavy atom. The van der Waals surface area contributed by atoms with Crippen LogP contribution in [0.2, 0.25) is 0 Å². The lowest BCUT2D eigenvalue weighted by Gasteiger charge is -2.06.